The van der Waals surface area contributed by atoms with Crippen LogP contribution in [0.5, 0.6) is 5.75 Å². The van der Waals surface area contributed by atoms with Crippen LogP contribution in [-0.4, -0.2) is 61.9 Å². The normalized spacial score (nSPS) is 14.9. The lowest BCUT2D eigenvalue weighted by Crippen LogP contribution is -2.43. The van der Waals surface area contributed by atoms with Crippen molar-refractivity contribution in [2.24, 2.45) is 10.4 Å². The van der Waals surface area contributed by atoms with E-state index in [1.165, 1.54) is 4.90 Å². The molecule has 0 saturated heterocycles. The van der Waals surface area contributed by atoms with Gasteiger partial charge in [0.2, 0.25) is 0 Å². The van der Waals surface area contributed by atoms with E-state index in [4.69, 9.17) is 16.3 Å². The summed E-state index contributed by atoms with van der Waals surface area (Å²) in [5.74, 6) is 0.0854. The zero-order valence-electron chi connectivity index (χ0n) is 22.7. The first-order valence-electron chi connectivity index (χ1n) is 12.8. The molecular formula is C29H34ClN3O5S. The van der Waals surface area contributed by atoms with Crippen molar-refractivity contribution in [1.82, 2.24) is 9.88 Å². The second-order valence-corrected chi connectivity index (χ2v) is 13.6. The highest BCUT2D eigenvalue weighted by Gasteiger charge is 2.33. The van der Waals surface area contributed by atoms with Crippen molar-refractivity contribution < 1.29 is 24.5 Å². The highest BCUT2D eigenvalue weighted by Crippen LogP contribution is 2.42. The summed E-state index contributed by atoms with van der Waals surface area (Å²) in [6, 6.07) is 13.1. The quantitative estimate of drug-likeness (QED) is 0.245. The van der Waals surface area contributed by atoms with E-state index in [2.05, 4.69) is 30.7 Å². The molecule has 1 aliphatic heterocycles. The number of aliphatic carboxylic acids is 1. The molecule has 1 aliphatic rings. The zero-order chi connectivity index (χ0) is 28.5. The number of H-pyrrole nitrogens is 1. The number of amidine groups is 1. The molecule has 0 spiro atoms. The van der Waals surface area contributed by atoms with Gasteiger partial charge in [-0.1, -0.05) is 44.5 Å². The third-order valence-electron chi connectivity index (χ3n) is 6.41. The van der Waals surface area contributed by atoms with E-state index in [1.54, 1.807) is 37.7 Å². The van der Waals surface area contributed by atoms with Gasteiger partial charge >= 0.3 is 12.1 Å². The molecule has 1 amide bonds. The summed E-state index contributed by atoms with van der Waals surface area (Å²) < 4.78 is 6.35. The third kappa shape index (κ3) is 6.89. The van der Waals surface area contributed by atoms with Crippen molar-refractivity contribution in [3.63, 3.8) is 0 Å². The number of carboxylic acids is 1. The molecule has 2 aromatic carbocycles. The number of aliphatic imine (C=N–C) groups is 1. The van der Waals surface area contributed by atoms with Gasteiger partial charge in [0.15, 0.2) is 11.9 Å². The second kappa shape index (κ2) is 11.1. The maximum atomic E-state index is 11.9. The second-order valence-electron chi connectivity index (χ2n) is 11.3. The number of hydrogen-bond acceptors (Lipinski definition) is 5. The van der Waals surface area contributed by atoms with Gasteiger partial charge in [-0.2, -0.15) is 0 Å². The number of ether oxygens (including phenoxy) is 1. The number of fused-ring (bicyclic) bond motifs is 1. The van der Waals surface area contributed by atoms with E-state index in [1.807, 2.05) is 30.3 Å². The molecule has 4 rings (SSSR count). The van der Waals surface area contributed by atoms with Crippen LogP contribution >= 0.6 is 23.4 Å². The maximum Gasteiger partial charge on any atom is 0.412 e. The number of thioether (sulfide) groups is 1. The topological polar surface area (TPSA) is 115 Å². The fourth-order valence-electron chi connectivity index (χ4n) is 4.46. The Kier molecular flexibility index (Phi) is 8.23. The Balaban J connectivity index is 1.73. The van der Waals surface area contributed by atoms with E-state index in [-0.39, 0.29) is 11.3 Å². The minimum absolute atomic E-state index is 0.119. The van der Waals surface area contributed by atoms with Crippen LogP contribution in [0, 0.1) is 5.41 Å². The minimum atomic E-state index is -1.06. The molecule has 0 saturated carbocycles. The molecule has 208 valence electrons. The Morgan fingerprint density at radius 1 is 1.13 bits per heavy atom. The first-order valence-corrected chi connectivity index (χ1v) is 14.0. The zero-order valence-corrected chi connectivity index (χ0v) is 24.3. The van der Waals surface area contributed by atoms with Crippen molar-refractivity contribution in [2.75, 3.05) is 13.1 Å². The van der Waals surface area contributed by atoms with Crippen LogP contribution in [0.25, 0.3) is 10.9 Å². The van der Waals surface area contributed by atoms with Crippen molar-refractivity contribution in [1.29, 1.82) is 0 Å². The summed E-state index contributed by atoms with van der Waals surface area (Å²) in [4.78, 5) is 33.9. The predicted octanol–water partition coefficient (Wildman–Crippen LogP) is 6.75. The van der Waals surface area contributed by atoms with Gasteiger partial charge in [0, 0.05) is 44.1 Å². The molecule has 1 aromatic heterocycles. The van der Waals surface area contributed by atoms with Gasteiger partial charge in [-0.05, 0) is 49.7 Å². The molecule has 2 heterocycles. The number of carboxylic acid groups (broad SMARTS) is 2. The summed E-state index contributed by atoms with van der Waals surface area (Å²) >= 11 is 7.74. The highest BCUT2D eigenvalue weighted by molar-refractivity contribution is 8.00. The largest absolute Gasteiger partial charge is 0.482 e. The van der Waals surface area contributed by atoms with Crippen molar-refractivity contribution in [3.05, 3.63) is 58.7 Å². The van der Waals surface area contributed by atoms with Gasteiger partial charge in [-0.25, -0.2) is 4.79 Å². The van der Waals surface area contributed by atoms with Gasteiger partial charge in [-0.3, -0.25) is 14.7 Å². The number of nitrogens with zero attached hydrogens (tertiary/aromatic N) is 2. The Bertz CT molecular complexity index is 1410. The average molecular weight is 572 g/mol. The van der Waals surface area contributed by atoms with Gasteiger partial charge in [0.1, 0.15) is 5.75 Å². The van der Waals surface area contributed by atoms with E-state index in [9.17, 15) is 19.8 Å². The number of halogens is 1. The molecule has 3 N–H and O–H groups in total. The van der Waals surface area contributed by atoms with Gasteiger partial charge in [0.25, 0.3) is 0 Å². The number of nitrogens with one attached hydrogen (secondary N) is 1. The molecule has 1 atom stereocenters. The molecule has 0 fully saturated rings. The third-order valence-corrected chi connectivity index (χ3v) is 7.94. The van der Waals surface area contributed by atoms with Crippen LogP contribution in [-0.2, 0) is 17.6 Å². The number of carbonyl (C=O) groups is 2. The van der Waals surface area contributed by atoms with Gasteiger partial charge in [-0.15, -0.1) is 11.8 Å². The SMILES string of the molecule is CC(C)(C)Sc1c(CC(C)(C)C(=O)O)[nH]c2ccc(OC(Cc3ccc(Cl)cc3)C3=NCCN3C(=O)O)cc12. The van der Waals surface area contributed by atoms with Gasteiger partial charge < -0.3 is 19.9 Å². The molecule has 8 nitrogen and oxygen atoms in total. The maximum absolute atomic E-state index is 11.9. The van der Waals surface area contributed by atoms with Crippen molar-refractivity contribution in [2.45, 2.75) is 63.2 Å². The number of rotatable bonds is 9. The Hall–Kier alpha value is -3.17. The van der Waals surface area contributed by atoms with E-state index < -0.39 is 23.6 Å². The summed E-state index contributed by atoms with van der Waals surface area (Å²) in [5.41, 5.74) is 1.74. The van der Waals surface area contributed by atoms with Crippen molar-refractivity contribution >= 4 is 52.2 Å². The minimum Gasteiger partial charge on any atom is -0.482 e. The van der Waals surface area contributed by atoms with Gasteiger partial charge in [0.05, 0.1) is 18.5 Å². The van der Waals surface area contributed by atoms with E-state index >= 15 is 0 Å². The highest BCUT2D eigenvalue weighted by atomic mass is 35.5. The molecule has 0 aliphatic carbocycles. The fourth-order valence-corrected chi connectivity index (χ4v) is 5.72. The summed E-state index contributed by atoms with van der Waals surface area (Å²) in [5, 5.41) is 21.0. The van der Waals surface area contributed by atoms with Crippen LogP contribution in [0.1, 0.15) is 45.9 Å². The summed E-state index contributed by atoms with van der Waals surface area (Å²) in [7, 11) is 0. The number of benzene rings is 2. The van der Waals surface area contributed by atoms with Crippen LogP contribution in [0.2, 0.25) is 5.02 Å². The Morgan fingerprint density at radius 3 is 2.44 bits per heavy atom. The summed E-state index contributed by atoms with van der Waals surface area (Å²) in [6.07, 6.45) is -0.946. The molecule has 1 unspecified atom stereocenters. The summed E-state index contributed by atoms with van der Waals surface area (Å²) in [6.45, 7) is 10.5. The monoisotopic (exact) mass is 571 g/mol. The van der Waals surface area contributed by atoms with Crippen LogP contribution in [0.3, 0.4) is 0 Å². The first kappa shape index (κ1) is 28.8. The Labute approximate surface area is 237 Å². The number of aromatic amines is 1. The Morgan fingerprint density at radius 2 is 1.82 bits per heavy atom. The molecular weight excluding hydrogens is 538 g/mol. The number of hydrogen-bond donors (Lipinski definition) is 3. The van der Waals surface area contributed by atoms with Crippen LogP contribution in [0.15, 0.2) is 52.4 Å². The van der Waals surface area contributed by atoms with Crippen LogP contribution < -0.4 is 4.74 Å². The number of amides is 1. The van der Waals surface area contributed by atoms with E-state index in [0.717, 1.165) is 27.1 Å². The molecule has 39 heavy (non-hydrogen) atoms. The van der Waals surface area contributed by atoms with E-state index in [0.29, 0.717) is 36.0 Å². The lowest BCUT2D eigenvalue weighted by Gasteiger charge is -2.24. The standard InChI is InChI=1S/C29H34ClN3O5S/c1-28(2,3)39-24-20-15-19(10-11-21(20)32-22(24)16-29(4,5)26(34)35)38-23(14-17-6-8-18(30)9-7-17)25-31-12-13-33(25)27(36)37/h6-11,15,23,32H,12-14,16H2,1-5H3,(H,34,35)(H,36,37). The average Bonchev–Trinajstić information content (AvgIpc) is 3.44. The van der Waals surface area contributed by atoms with Crippen molar-refractivity contribution in [3.8, 4) is 5.75 Å². The molecule has 10 heteroatoms. The predicted molar refractivity (Wildman–Crippen MR) is 156 cm³/mol. The molecule has 0 radical (unpaired) electrons. The molecule has 3 aromatic rings. The van der Waals surface area contributed by atoms with Crippen LogP contribution in [0.4, 0.5) is 4.79 Å². The lowest BCUT2D eigenvalue weighted by atomic mass is 9.88. The fraction of sp³-hybridized carbons (Fsp3) is 0.414. The molecule has 0 bridgehead atoms. The smallest absolute Gasteiger partial charge is 0.412 e. The number of aromatic nitrogens is 1. The lowest BCUT2D eigenvalue weighted by molar-refractivity contribution is -0.146. The first-order chi connectivity index (χ1) is 18.2.